The standard InChI is InChI=1S/C22H20Cl3NO2/c1-14-6-8-17(11-19(14)24)26-12-16-4-3-5-21(27-2)22(16)28-13-15-7-9-18(23)20(25)10-15/h3-11,26H,12-13H2,1-2H3. The van der Waals surface area contributed by atoms with Crippen molar-refractivity contribution in [1.82, 2.24) is 0 Å². The molecule has 0 fully saturated rings. The number of halogens is 3. The largest absolute Gasteiger partial charge is 0.493 e. The zero-order chi connectivity index (χ0) is 20.1. The van der Waals surface area contributed by atoms with Crippen LogP contribution in [0.1, 0.15) is 16.7 Å². The lowest BCUT2D eigenvalue weighted by Crippen LogP contribution is -2.05. The third-order valence-electron chi connectivity index (χ3n) is 4.30. The fourth-order valence-electron chi connectivity index (χ4n) is 2.71. The van der Waals surface area contributed by atoms with Crippen LogP contribution >= 0.6 is 34.8 Å². The molecule has 0 amide bonds. The second-order valence-electron chi connectivity index (χ2n) is 6.30. The zero-order valence-corrected chi connectivity index (χ0v) is 17.8. The highest BCUT2D eigenvalue weighted by Gasteiger charge is 2.12. The summed E-state index contributed by atoms with van der Waals surface area (Å²) in [5.74, 6) is 1.35. The Bertz CT molecular complexity index is 976. The van der Waals surface area contributed by atoms with Crippen molar-refractivity contribution in [3.8, 4) is 11.5 Å². The maximum Gasteiger partial charge on any atom is 0.166 e. The lowest BCUT2D eigenvalue weighted by molar-refractivity contribution is 0.281. The van der Waals surface area contributed by atoms with Crippen LogP contribution in [0, 0.1) is 6.92 Å². The van der Waals surface area contributed by atoms with Crippen molar-refractivity contribution in [2.45, 2.75) is 20.1 Å². The molecule has 0 aromatic heterocycles. The van der Waals surface area contributed by atoms with Crippen LogP contribution in [0.4, 0.5) is 5.69 Å². The molecule has 0 saturated carbocycles. The minimum Gasteiger partial charge on any atom is -0.493 e. The van der Waals surface area contributed by atoms with Crippen molar-refractivity contribution >= 4 is 40.5 Å². The Kier molecular flexibility index (Phi) is 6.95. The average molecular weight is 437 g/mol. The maximum absolute atomic E-state index is 6.21. The van der Waals surface area contributed by atoms with E-state index in [1.807, 2.05) is 49.4 Å². The summed E-state index contributed by atoms with van der Waals surface area (Å²) in [5, 5.41) is 5.12. The minimum atomic E-state index is 0.348. The molecule has 0 aliphatic heterocycles. The molecule has 3 aromatic carbocycles. The molecule has 0 unspecified atom stereocenters. The Hall–Kier alpha value is -2.07. The molecular weight excluding hydrogens is 417 g/mol. The molecule has 3 aromatic rings. The molecule has 0 aliphatic rings. The number of nitrogens with one attached hydrogen (secondary N) is 1. The number of rotatable bonds is 7. The van der Waals surface area contributed by atoms with Crippen molar-refractivity contribution < 1.29 is 9.47 Å². The average Bonchev–Trinajstić information content (AvgIpc) is 2.69. The quantitative estimate of drug-likeness (QED) is 0.426. The number of ether oxygens (including phenoxy) is 2. The first-order valence-corrected chi connectivity index (χ1v) is 9.84. The van der Waals surface area contributed by atoms with Crippen LogP contribution in [0.2, 0.25) is 15.1 Å². The molecule has 6 heteroatoms. The van der Waals surface area contributed by atoms with E-state index in [2.05, 4.69) is 5.32 Å². The Morgan fingerprint density at radius 3 is 2.43 bits per heavy atom. The van der Waals surface area contributed by atoms with Crippen molar-refractivity contribution in [2.75, 3.05) is 12.4 Å². The van der Waals surface area contributed by atoms with E-state index in [4.69, 9.17) is 44.3 Å². The molecule has 0 bridgehead atoms. The van der Waals surface area contributed by atoms with Crippen LogP contribution in [0.3, 0.4) is 0 Å². The van der Waals surface area contributed by atoms with Crippen molar-refractivity contribution in [2.24, 2.45) is 0 Å². The van der Waals surface area contributed by atoms with Gasteiger partial charge in [-0.05, 0) is 48.4 Å². The van der Waals surface area contributed by atoms with Crippen LogP contribution in [-0.2, 0) is 13.2 Å². The van der Waals surface area contributed by atoms with Crippen molar-refractivity contribution in [3.63, 3.8) is 0 Å². The lowest BCUT2D eigenvalue weighted by Gasteiger charge is -2.16. The van der Waals surface area contributed by atoms with Crippen molar-refractivity contribution in [1.29, 1.82) is 0 Å². The third-order valence-corrected chi connectivity index (χ3v) is 5.45. The highest BCUT2D eigenvalue weighted by atomic mass is 35.5. The van der Waals surface area contributed by atoms with Gasteiger partial charge in [0.1, 0.15) is 6.61 Å². The summed E-state index contributed by atoms with van der Waals surface area (Å²) in [4.78, 5) is 0. The second kappa shape index (κ2) is 9.42. The SMILES string of the molecule is COc1cccc(CNc2ccc(C)c(Cl)c2)c1OCc1ccc(Cl)c(Cl)c1. The molecule has 0 atom stereocenters. The summed E-state index contributed by atoms with van der Waals surface area (Å²) < 4.78 is 11.6. The van der Waals surface area contributed by atoms with E-state index in [0.717, 1.165) is 27.4 Å². The maximum atomic E-state index is 6.21. The predicted octanol–water partition coefficient (Wildman–Crippen LogP) is 7.15. The highest BCUT2D eigenvalue weighted by Crippen LogP contribution is 2.33. The molecule has 0 spiro atoms. The van der Waals surface area contributed by atoms with Crippen LogP contribution in [0.5, 0.6) is 11.5 Å². The number of methoxy groups -OCH3 is 1. The van der Waals surface area contributed by atoms with E-state index < -0.39 is 0 Å². The zero-order valence-electron chi connectivity index (χ0n) is 15.6. The van der Waals surface area contributed by atoms with Crippen LogP contribution in [0.15, 0.2) is 54.6 Å². The van der Waals surface area contributed by atoms with Crippen LogP contribution in [-0.4, -0.2) is 7.11 Å². The van der Waals surface area contributed by atoms with Gasteiger partial charge in [-0.1, -0.05) is 59.1 Å². The summed E-state index contributed by atoms with van der Waals surface area (Å²) in [6, 6.07) is 17.1. The first kappa shape index (κ1) is 20.7. The van der Waals surface area contributed by atoms with Gasteiger partial charge in [0.15, 0.2) is 11.5 Å². The van der Waals surface area contributed by atoms with Gasteiger partial charge in [0, 0.05) is 22.8 Å². The molecule has 1 N–H and O–H groups in total. The first-order chi connectivity index (χ1) is 13.5. The second-order valence-corrected chi connectivity index (χ2v) is 7.52. The highest BCUT2D eigenvalue weighted by molar-refractivity contribution is 6.42. The Labute approximate surface area is 180 Å². The lowest BCUT2D eigenvalue weighted by atomic mass is 10.1. The van der Waals surface area contributed by atoms with Gasteiger partial charge in [-0.2, -0.15) is 0 Å². The van der Waals surface area contributed by atoms with Gasteiger partial charge in [-0.15, -0.1) is 0 Å². The fourth-order valence-corrected chi connectivity index (χ4v) is 3.21. The monoisotopic (exact) mass is 435 g/mol. The molecule has 3 nitrogen and oxygen atoms in total. The van der Waals surface area contributed by atoms with E-state index in [1.54, 1.807) is 19.2 Å². The van der Waals surface area contributed by atoms with E-state index in [1.165, 1.54) is 0 Å². The summed E-state index contributed by atoms with van der Waals surface area (Å²) in [6.45, 7) is 2.89. The van der Waals surface area contributed by atoms with Gasteiger partial charge in [0.2, 0.25) is 0 Å². The van der Waals surface area contributed by atoms with E-state index >= 15 is 0 Å². The first-order valence-electron chi connectivity index (χ1n) is 8.70. The minimum absolute atomic E-state index is 0.348. The predicted molar refractivity (Wildman–Crippen MR) is 117 cm³/mol. The summed E-state index contributed by atoms with van der Waals surface area (Å²) in [6.07, 6.45) is 0. The number of aryl methyl sites for hydroxylation is 1. The summed E-state index contributed by atoms with van der Waals surface area (Å²) in [7, 11) is 1.62. The van der Waals surface area contributed by atoms with E-state index in [0.29, 0.717) is 34.7 Å². The Balaban J connectivity index is 1.77. The Morgan fingerprint density at radius 2 is 1.71 bits per heavy atom. The van der Waals surface area contributed by atoms with Gasteiger partial charge in [-0.25, -0.2) is 0 Å². The van der Waals surface area contributed by atoms with Gasteiger partial charge in [0.05, 0.1) is 17.2 Å². The Morgan fingerprint density at radius 1 is 0.893 bits per heavy atom. The van der Waals surface area contributed by atoms with Crippen molar-refractivity contribution in [3.05, 3.63) is 86.4 Å². The normalized spacial score (nSPS) is 10.6. The topological polar surface area (TPSA) is 30.5 Å². The summed E-state index contributed by atoms with van der Waals surface area (Å²) in [5.41, 5.74) is 3.87. The fraction of sp³-hybridized carbons (Fsp3) is 0.182. The molecule has 0 saturated heterocycles. The van der Waals surface area contributed by atoms with Crippen LogP contribution in [0.25, 0.3) is 0 Å². The third kappa shape index (κ3) is 5.05. The molecule has 0 heterocycles. The van der Waals surface area contributed by atoms with Gasteiger partial charge < -0.3 is 14.8 Å². The van der Waals surface area contributed by atoms with E-state index in [9.17, 15) is 0 Å². The molecule has 146 valence electrons. The molecular formula is C22H20Cl3NO2. The number of hydrogen-bond acceptors (Lipinski definition) is 3. The number of hydrogen-bond donors (Lipinski definition) is 1. The molecule has 0 radical (unpaired) electrons. The smallest absolute Gasteiger partial charge is 0.166 e. The number of benzene rings is 3. The summed E-state index contributed by atoms with van der Waals surface area (Å²) >= 11 is 18.3. The molecule has 3 rings (SSSR count). The number of anilines is 1. The van der Waals surface area contributed by atoms with Gasteiger partial charge >= 0.3 is 0 Å². The van der Waals surface area contributed by atoms with E-state index in [-0.39, 0.29) is 0 Å². The van der Waals surface area contributed by atoms with Gasteiger partial charge in [0.25, 0.3) is 0 Å². The number of para-hydroxylation sites is 1. The molecule has 0 aliphatic carbocycles. The van der Waals surface area contributed by atoms with Gasteiger partial charge in [-0.3, -0.25) is 0 Å². The van der Waals surface area contributed by atoms with Crippen LogP contribution < -0.4 is 14.8 Å². The molecule has 28 heavy (non-hydrogen) atoms.